The maximum absolute atomic E-state index is 12.6. The van der Waals surface area contributed by atoms with E-state index in [1.165, 1.54) is 0 Å². The number of carbonyl (C=O) groups excluding carboxylic acids is 1. The van der Waals surface area contributed by atoms with Crippen molar-refractivity contribution in [2.45, 2.75) is 65.7 Å². The lowest BCUT2D eigenvalue weighted by Crippen LogP contribution is -2.41. The van der Waals surface area contributed by atoms with Crippen LogP contribution >= 0.6 is 0 Å². The molecular weight excluding hydrogens is 338 g/mol. The van der Waals surface area contributed by atoms with Gasteiger partial charge >= 0.3 is 0 Å². The molecule has 0 atom stereocenters. The van der Waals surface area contributed by atoms with Crippen LogP contribution in [-0.4, -0.2) is 34.0 Å². The Hall–Kier alpha value is -2.17. The van der Waals surface area contributed by atoms with Gasteiger partial charge in [-0.1, -0.05) is 32.0 Å². The summed E-state index contributed by atoms with van der Waals surface area (Å²) in [5.74, 6) is 1.79. The van der Waals surface area contributed by atoms with Crippen molar-refractivity contribution in [2.75, 3.05) is 13.1 Å². The van der Waals surface area contributed by atoms with Gasteiger partial charge in [0, 0.05) is 37.0 Å². The van der Waals surface area contributed by atoms with Gasteiger partial charge in [0.05, 0.1) is 17.0 Å². The van der Waals surface area contributed by atoms with Crippen LogP contribution in [0.3, 0.4) is 0 Å². The molecular formula is C22H31N3O2. The van der Waals surface area contributed by atoms with Gasteiger partial charge in [0.25, 0.3) is 0 Å². The van der Waals surface area contributed by atoms with Crippen molar-refractivity contribution in [3.8, 4) is 11.3 Å². The number of carbonyl (C=O) groups is 1. The van der Waals surface area contributed by atoms with Crippen molar-refractivity contribution in [1.82, 2.24) is 15.0 Å². The van der Waals surface area contributed by atoms with Crippen LogP contribution in [0.25, 0.3) is 11.3 Å². The Morgan fingerprint density at radius 2 is 1.93 bits per heavy atom. The molecule has 5 nitrogen and oxygen atoms in total. The highest BCUT2D eigenvalue weighted by molar-refractivity contribution is 5.78. The molecule has 0 aromatic carbocycles. The van der Waals surface area contributed by atoms with Crippen molar-refractivity contribution >= 4 is 5.91 Å². The molecule has 0 unspecified atom stereocenters. The molecule has 0 radical (unpaired) electrons. The summed E-state index contributed by atoms with van der Waals surface area (Å²) in [7, 11) is 0. The molecule has 2 aromatic rings. The fourth-order valence-electron chi connectivity index (χ4n) is 4.10. The number of piperidine rings is 1. The SMILES string of the molecule is CCc1onc(C)c1-c1cccc(C2CCN(C(=O)C(CC)CC)CC2)n1. The zero-order valence-corrected chi connectivity index (χ0v) is 17.0. The van der Waals surface area contributed by atoms with Gasteiger partial charge in [0.2, 0.25) is 5.91 Å². The molecule has 0 aliphatic carbocycles. The van der Waals surface area contributed by atoms with Gasteiger partial charge in [-0.05, 0) is 44.7 Å². The number of rotatable bonds is 6. The number of nitrogens with zero attached hydrogens (tertiary/aromatic N) is 3. The van der Waals surface area contributed by atoms with Crippen LogP contribution < -0.4 is 0 Å². The minimum absolute atomic E-state index is 0.173. The fourth-order valence-corrected chi connectivity index (χ4v) is 4.10. The number of aromatic nitrogens is 2. The summed E-state index contributed by atoms with van der Waals surface area (Å²) in [4.78, 5) is 19.6. The monoisotopic (exact) mass is 369 g/mol. The highest BCUT2D eigenvalue weighted by Crippen LogP contribution is 2.31. The lowest BCUT2D eigenvalue weighted by atomic mass is 9.91. The summed E-state index contributed by atoms with van der Waals surface area (Å²) < 4.78 is 5.43. The van der Waals surface area contributed by atoms with Crippen LogP contribution in [0.4, 0.5) is 0 Å². The molecule has 3 rings (SSSR count). The molecule has 1 fully saturated rings. The van der Waals surface area contributed by atoms with E-state index in [4.69, 9.17) is 9.51 Å². The average molecular weight is 370 g/mol. The minimum atomic E-state index is 0.173. The van der Waals surface area contributed by atoms with Gasteiger partial charge < -0.3 is 9.42 Å². The molecule has 1 aliphatic heterocycles. The Bertz CT molecular complexity index is 772. The second-order valence-electron chi connectivity index (χ2n) is 7.48. The van der Waals surface area contributed by atoms with Crippen molar-refractivity contribution in [1.29, 1.82) is 0 Å². The van der Waals surface area contributed by atoms with E-state index in [1.807, 2.05) is 13.0 Å². The predicted octanol–water partition coefficient (Wildman–Crippen LogP) is 4.75. The van der Waals surface area contributed by atoms with E-state index >= 15 is 0 Å². The Balaban J connectivity index is 1.72. The summed E-state index contributed by atoms with van der Waals surface area (Å²) in [5, 5.41) is 4.11. The number of pyridine rings is 1. The second-order valence-corrected chi connectivity index (χ2v) is 7.48. The van der Waals surface area contributed by atoms with E-state index in [0.717, 1.165) is 73.6 Å². The van der Waals surface area contributed by atoms with Crippen LogP contribution in [0.1, 0.15) is 69.5 Å². The average Bonchev–Trinajstić information content (AvgIpc) is 3.09. The molecule has 2 aromatic heterocycles. The van der Waals surface area contributed by atoms with Crippen molar-refractivity contribution in [3.05, 3.63) is 35.3 Å². The van der Waals surface area contributed by atoms with E-state index in [0.29, 0.717) is 11.8 Å². The largest absolute Gasteiger partial charge is 0.360 e. The van der Waals surface area contributed by atoms with Crippen LogP contribution in [-0.2, 0) is 11.2 Å². The normalized spacial score (nSPS) is 15.5. The summed E-state index contributed by atoms with van der Waals surface area (Å²) in [6, 6.07) is 6.22. The van der Waals surface area contributed by atoms with Crippen molar-refractivity contribution in [2.24, 2.45) is 5.92 Å². The molecule has 3 heterocycles. The Labute approximate surface area is 162 Å². The molecule has 1 aliphatic rings. The minimum Gasteiger partial charge on any atom is -0.360 e. The van der Waals surface area contributed by atoms with Gasteiger partial charge in [-0.2, -0.15) is 0 Å². The van der Waals surface area contributed by atoms with E-state index in [9.17, 15) is 4.79 Å². The summed E-state index contributed by atoms with van der Waals surface area (Å²) in [6.07, 6.45) is 4.61. The van der Waals surface area contributed by atoms with Crippen LogP contribution in [0.2, 0.25) is 0 Å². The maximum Gasteiger partial charge on any atom is 0.225 e. The Kier molecular flexibility index (Phi) is 6.30. The highest BCUT2D eigenvalue weighted by Gasteiger charge is 2.28. The fraction of sp³-hybridized carbons (Fsp3) is 0.591. The number of aryl methyl sites for hydroxylation is 2. The van der Waals surface area contributed by atoms with Gasteiger partial charge in [-0.3, -0.25) is 9.78 Å². The molecule has 27 heavy (non-hydrogen) atoms. The third kappa shape index (κ3) is 4.07. The number of likely N-dealkylation sites (tertiary alicyclic amines) is 1. The highest BCUT2D eigenvalue weighted by atomic mass is 16.5. The van der Waals surface area contributed by atoms with Crippen LogP contribution in [0.15, 0.2) is 22.7 Å². The van der Waals surface area contributed by atoms with Crippen molar-refractivity contribution < 1.29 is 9.32 Å². The van der Waals surface area contributed by atoms with E-state index in [-0.39, 0.29) is 5.92 Å². The first-order valence-corrected chi connectivity index (χ1v) is 10.3. The number of hydrogen-bond donors (Lipinski definition) is 0. The summed E-state index contributed by atoms with van der Waals surface area (Å²) in [5.41, 5.74) is 3.98. The lowest BCUT2D eigenvalue weighted by molar-refractivity contribution is -0.136. The second kappa shape index (κ2) is 8.68. The third-order valence-corrected chi connectivity index (χ3v) is 5.84. The first-order chi connectivity index (χ1) is 13.1. The quantitative estimate of drug-likeness (QED) is 0.737. The maximum atomic E-state index is 12.6. The molecule has 0 N–H and O–H groups in total. The molecule has 5 heteroatoms. The predicted molar refractivity (Wildman–Crippen MR) is 106 cm³/mol. The topological polar surface area (TPSA) is 59.2 Å². The van der Waals surface area contributed by atoms with Crippen LogP contribution in [0, 0.1) is 12.8 Å². The molecule has 1 amide bonds. The molecule has 1 saturated heterocycles. The molecule has 146 valence electrons. The Morgan fingerprint density at radius 1 is 1.22 bits per heavy atom. The van der Waals surface area contributed by atoms with E-state index < -0.39 is 0 Å². The number of amides is 1. The van der Waals surface area contributed by atoms with Gasteiger partial charge in [0.1, 0.15) is 5.76 Å². The first kappa shape index (κ1) is 19.6. The standard InChI is InChI=1S/C22H31N3O2/c1-5-16(6-2)22(26)25-13-11-17(12-14-25)18-9-8-10-19(23-18)21-15(4)24-27-20(21)7-3/h8-10,16-17H,5-7,11-14H2,1-4H3. The third-order valence-electron chi connectivity index (χ3n) is 5.84. The smallest absolute Gasteiger partial charge is 0.225 e. The number of hydrogen-bond acceptors (Lipinski definition) is 4. The first-order valence-electron chi connectivity index (χ1n) is 10.3. The summed E-state index contributed by atoms with van der Waals surface area (Å²) in [6.45, 7) is 9.90. The van der Waals surface area contributed by atoms with E-state index in [1.54, 1.807) is 0 Å². The van der Waals surface area contributed by atoms with Crippen LogP contribution in [0.5, 0.6) is 0 Å². The molecule has 0 saturated carbocycles. The van der Waals surface area contributed by atoms with E-state index in [2.05, 4.69) is 43.0 Å². The van der Waals surface area contributed by atoms with Gasteiger partial charge in [0.15, 0.2) is 0 Å². The van der Waals surface area contributed by atoms with Crippen molar-refractivity contribution in [3.63, 3.8) is 0 Å². The zero-order valence-electron chi connectivity index (χ0n) is 17.0. The lowest BCUT2D eigenvalue weighted by Gasteiger charge is -2.34. The Morgan fingerprint density at radius 3 is 2.56 bits per heavy atom. The molecule has 0 bridgehead atoms. The zero-order chi connectivity index (χ0) is 19.4. The summed E-state index contributed by atoms with van der Waals surface area (Å²) >= 11 is 0. The molecule has 0 spiro atoms. The van der Waals surface area contributed by atoms with Gasteiger partial charge in [-0.25, -0.2) is 0 Å². The van der Waals surface area contributed by atoms with Gasteiger partial charge in [-0.15, -0.1) is 0 Å².